The zero-order chi connectivity index (χ0) is 13.1. The van der Waals surface area contributed by atoms with E-state index < -0.39 is 0 Å². The number of hydrogen-bond donors (Lipinski definition) is 2. The third-order valence-corrected chi connectivity index (χ3v) is 2.86. The van der Waals surface area contributed by atoms with Gasteiger partial charge in [0.2, 0.25) is 0 Å². The van der Waals surface area contributed by atoms with Gasteiger partial charge in [0.1, 0.15) is 5.69 Å². The third-order valence-electron chi connectivity index (χ3n) is 2.86. The standard InChI is InChI=1S/C12H18N4O2/c1-8-6-16(7-9(2)18-8)12(17)11-4-3-10(15-13)5-14-11/h3-5,8-9,15H,6-7,13H2,1-2H3/t8-,9+. The molecule has 1 fully saturated rings. The monoisotopic (exact) mass is 250 g/mol. The highest BCUT2D eigenvalue weighted by Gasteiger charge is 2.27. The molecule has 1 saturated heterocycles. The molecule has 2 rings (SSSR count). The molecule has 1 aromatic heterocycles. The highest BCUT2D eigenvalue weighted by Crippen LogP contribution is 2.14. The summed E-state index contributed by atoms with van der Waals surface area (Å²) in [4.78, 5) is 18.1. The Morgan fingerprint density at radius 2 is 2.11 bits per heavy atom. The van der Waals surface area contributed by atoms with E-state index in [1.54, 1.807) is 23.2 Å². The number of hydrogen-bond acceptors (Lipinski definition) is 5. The number of carbonyl (C=O) groups excluding carboxylic acids is 1. The highest BCUT2D eigenvalue weighted by molar-refractivity contribution is 5.92. The van der Waals surface area contributed by atoms with Gasteiger partial charge in [0.25, 0.3) is 5.91 Å². The van der Waals surface area contributed by atoms with Crippen molar-refractivity contribution in [2.75, 3.05) is 18.5 Å². The van der Waals surface area contributed by atoms with Gasteiger partial charge in [-0.15, -0.1) is 0 Å². The molecule has 1 aliphatic heterocycles. The molecule has 6 nitrogen and oxygen atoms in total. The van der Waals surface area contributed by atoms with Crippen LogP contribution in [0, 0.1) is 0 Å². The number of ether oxygens (including phenoxy) is 1. The summed E-state index contributed by atoms with van der Waals surface area (Å²) < 4.78 is 5.60. The molecule has 0 saturated carbocycles. The Kier molecular flexibility index (Phi) is 3.78. The van der Waals surface area contributed by atoms with E-state index >= 15 is 0 Å². The first kappa shape index (κ1) is 12.8. The number of amides is 1. The summed E-state index contributed by atoms with van der Waals surface area (Å²) in [5, 5.41) is 0. The summed E-state index contributed by atoms with van der Waals surface area (Å²) in [6.07, 6.45) is 1.66. The molecule has 98 valence electrons. The van der Waals surface area contributed by atoms with Gasteiger partial charge >= 0.3 is 0 Å². The van der Waals surface area contributed by atoms with Crippen LogP contribution in [0.4, 0.5) is 5.69 Å². The average Bonchev–Trinajstić information content (AvgIpc) is 2.37. The van der Waals surface area contributed by atoms with E-state index in [1.165, 1.54) is 0 Å². The van der Waals surface area contributed by atoms with Crippen LogP contribution in [0.1, 0.15) is 24.3 Å². The maximum absolute atomic E-state index is 12.2. The predicted octanol–water partition coefficient (Wildman–Crippen LogP) is 0.617. The van der Waals surface area contributed by atoms with Gasteiger partial charge in [0, 0.05) is 13.1 Å². The summed E-state index contributed by atoms with van der Waals surface area (Å²) in [6, 6.07) is 3.40. The number of morpholine rings is 1. The smallest absolute Gasteiger partial charge is 0.272 e. The summed E-state index contributed by atoms with van der Waals surface area (Å²) in [5.74, 6) is 5.18. The lowest BCUT2D eigenvalue weighted by Crippen LogP contribution is -2.48. The Morgan fingerprint density at radius 3 is 2.61 bits per heavy atom. The first-order valence-corrected chi connectivity index (χ1v) is 5.97. The maximum Gasteiger partial charge on any atom is 0.272 e. The van der Waals surface area contributed by atoms with Crippen molar-refractivity contribution in [3.05, 3.63) is 24.0 Å². The molecule has 0 spiro atoms. The Labute approximate surface area is 106 Å². The number of aromatic nitrogens is 1. The van der Waals surface area contributed by atoms with E-state index in [2.05, 4.69) is 10.4 Å². The molecule has 18 heavy (non-hydrogen) atoms. The average molecular weight is 250 g/mol. The molecule has 0 unspecified atom stereocenters. The van der Waals surface area contributed by atoms with Crippen LogP contribution in [-0.2, 0) is 4.74 Å². The SMILES string of the molecule is C[C@@H]1CN(C(=O)c2ccc(NN)cn2)C[C@H](C)O1. The maximum atomic E-state index is 12.2. The van der Waals surface area contributed by atoms with E-state index in [4.69, 9.17) is 10.6 Å². The summed E-state index contributed by atoms with van der Waals surface area (Å²) in [7, 11) is 0. The lowest BCUT2D eigenvalue weighted by molar-refractivity contribution is -0.0587. The number of rotatable bonds is 2. The van der Waals surface area contributed by atoms with Crippen molar-refractivity contribution in [3.63, 3.8) is 0 Å². The number of hydrazine groups is 1. The van der Waals surface area contributed by atoms with Crippen molar-refractivity contribution in [1.29, 1.82) is 0 Å². The molecule has 2 heterocycles. The minimum Gasteiger partial charge on any atom is -0.372 e. The molecule has 0 aliphatic carbocycles. The van der Waals surface area contributed by atoms with Crippen LogP contribution in [0.25, 0.3) is 0 Å². The topological polar surface area (TPSA) is 80.5 Å². The van der Waals surface area contributed by atoms with Crippen LogP contribution in [0.2, 0.25) is 0 Å². The molecule has 2 atom stereocenters. The van der Waals surface area contributed by atoms with Crippen LogP contribution in [-0.4, -0.2) is 41.1 Å². The molecule has 1 amide bonds. The van der Waals surface area contributed by atoms with E-state index in [0.29, 0.717) is 24.5 Å². The fourth-order valence-electron chi connectivity index (χ4n) is 2.11. The Hall–Kier alpha value is -1.66. The van der Waals surface area contributed by atoms with Crippen molar-refractivity contribution < 1.29 is 9.53 Å². The van der Waals surface area contributed by atoms with E-state index in [0.717, 1.165) is 0 Å². The van der Waals surface area contributed by atoms with Gasteiger partial charge in [0.05, 0.1) is 24.1 Å². The number of pyridine rings is 1. The zero-order valence-corrected chi connectivity index (χ0v) is 10.6. The van der Waals surface area contributed by atoms with Crippen molar-refractivity contribution in [1.82, 2.24) is 9.88 Å². The number of nitrogens with one attached hydrogen (secondary N) is 1. The van der Waals surface area contributed by atoms with Crippen LogP contribution in [0.3, 0.4) is 0 Å². The molecule has 1 aliphatic rings. The zero-order valence-electron chi connectivity index (χ0n) is 10.6. The summed E-state index contributed by atoms with van der Waals surface area (Å²) in [6.45, 7) is 5.12. The van der Waals surface area contributed by atoms with E-state index in [1.807, 2.05) is 13.8 Å². The van der Waals surface area contributed by atoms with E-state index in [-0.39, 0.29) is 18.1 Å². The van der Waals surface area contributed by atoms with Gasteiger partial charge < -0.3 is 15.1 Å². The highest BCUT2D eigenvalue weighted by atomic mass is 16.5. The molecule has 0 aromatic carbocycles. The Morgan fingerprint density at radius 1 is 1.44 bits per heavy atom. The summed E-state index contributed by atoms with van der Waals surface area (Å²) >= 11 is 0. The van der Waals surface area contributed by atoms with Crippen LogP contribution in [0.15, 0.2) is 18.3 Å². The Balaban J connectivity index is 2.09. The van der Waals surface area contributed by atoms with E-state index in [9.17, 15) is 4.79 Å². The quantitative estimate of drug-likeness (QED) is 0.594. The van der Waals surface area contributed by atoms with Crippen LogP contribution >= 0.6 is 0 Å². The van der Waals surface area contributed by atoms with Crippen molar-refractivity contribution in [2.24, 2.45) is 5.84 Å². The van der Waals surface area contributed by atoms with Crippen LogP contribution in [0.5, 0.6) is 0 Å². The molecular formula is C12H18N4O2. The predicted molar refractivity (Wildman–Crippen MR) is 68.0 cm³/mol. The van der Waals surface area contributed by atoms with Gasteiger partial charge in [-0.3, -0.25) is 10.6 Å². The number of anilines is 1. The normalized spacial score (nSPS) is 23.8. The molecular weight excluding hydrogens is 232 g/mol. The minimum atomic E-state index is -0.0689. The van der Waals surface area contributed by atoms with Gasteiger partial charge in [-0.1, -0.05) is 0 Å². The van der Waals surface area contributed by atoms with Gasteiger partial charge in [-0.2, -0.15) is 0 Å². The molecule has 6 heteroatoms. The first-order chi connectivity index (χ1) is 8.60. The van der Waals surface area contributed by atoms with Gasteiger partial charge in [0.15, 0.2) is 0 Å². The molecule has 0 radical (unpaired) electrons. The molecule has 3 N–H and O–H groups in total. The summed E-state index contributed by atoms with van der Waals surface area (Å²) in [5.41, 5.74) is 3.58. The minimum absolute atomic E-state index is 0.0580. The second-order valence-corrected chi connectivity index (χ2v) is 4.54. The first-order valence-electron chi connectivity index (χ1n) is 5.97. The van der Waals surface area contributed by atoms with Gasteiger partial charge in [-0.05, 0) is 26.0 Å². The third kappa shape index (κ3) is 2.77. The Bertz CT molecular complexity index is 411. The number of nitrogens with two attached hydrogens (primary N) is 1. The molecule has 1 aromatic rings. The fourth-order valence-corrected chi connectivity index (χ4v) is 2.11. The van der Waals surface area contributed by atoms with Crippen molar-refractivity contribution in [3.8, 4) is 0 Å². The van der Waals surface area contributed by atoms with Crippen molar-refractivity contribution in [2.45, 2.75) is 26.1 Å². The molecule has 0 bridgehead atoms. The van der Waals surface area contributed by atoms with Crippen molar-refractivity contribution >= 4 is 11.6 Å². The van der Waals surface area contributed by atoms with Gasteiger partial charge in [-0.25, -0.2) is 4.98 Å². The lowest BCUT2D eigenvalue weighted by atomic mass is 10.2. The second-order valence-electron chi connectivity index (χ2n) is 4.54. The van der Waals surface area contributed by atoms with Crippen LogP contribution < -0.4 is 11.3 Å². The number of nitrogen functional groups attached to an aromatic ring is 1. The number of carbonyl (C=O) groups is 1. The lowest BCUT2D eigenvalue weighted by Gasteiger charge is -2.35. The fraction of sp³-hybridized carbons (Fsp3) is 0.500. The number of nitrogens with zero attached hydrogens (tertiary/aromatic N) is 2. The largest absolute Gasteiger partial charge is 0.372 e. The second kappa shape index (κ2) is 5.32.